The molecule has 0 amide bonds. The van der Waals surface area contributed by atoms with Gasteiger partial charge in [-0.25, -0.2) is 4.98 Å². The fourth-order valence-electron chi connectivity index (χ4n) is 1.21. The molecule has 0 saturated carbocycles. The molecule has 0 aliphatic heterocycles. The summed E-state index contributed by atoms with van der Waals surface area (Å²) >= 11 is 5.72. The van der Waals surface area contributed by atoms with Crippen LogP contribution in [0.5, 0.6) is 0 Å². The van der Waals surface area contributed by atoms with Crippen LogP contribution in [0, 0.1) is 0 Å². The average Bonchev–Trinajstić information content (AvgIpc) is 2.45. The molecular formula is C8H11ClN2O3. The summed E-state index contributed by atoms with van der Waals surface area (Å²) in [7, 11) is 0. The first kappa shape index (κ1) is 11.0. The van der Waals surface area contributed by atoms with E-state index in [-0.39, 0.29) is 11.6 Å². The summed E-state index contributed by atoms with van der Waals surface area (Å²) in [5, 5.41) is 18.2. The molecule has 0 radical (unpaired) electrons. The first-order valence-electron chi connectivity index (χ1n) is 4.16. The van der Waals surface area contributed by atoms with E-state index in [1.165, 1.54) is 6.33 Å². The molecule has 14 heavy (non-hydrogen) atoms. The van der Waals surface area contributed by atoms with Crippen molar-refractivity contribution in [2.24, 2.45) is 0 Å². The molecule has 0 bridgehead atoms. The lowest BCUT2D eigenvalue weighted by Crippen LogP contribution is -2.10. The number of hydrogen-bond donors (Lipinski definition) is 2. The first-order chi connectivity index (χ1) is 6.56. The van der Waals surface area contributed by atoms with E-state index in [1.807, 2.05) is 6.92 Å². The van der Waals surface area contributed by atoms with E-state index in [0.717, 1.165) is 0 Å². The highest BCUT2D eigenvalue weighted by Crippen LogP contribution is 2.24. The van der Waals surface area contributed by atoms with E-state index >= 15 is 0 Å². The second-order valence-electron chi connectivity index (χ2n) is 2.82. The Morgan fingerprint density at radius 3 is 2.93 bits per heavy atom. The molecule has 0 saturated heterocycles. The molecule has 1 rings (SSSR count). The Morgan fingerprint density at radius 2 is 2.43 bits per heavy atom. The maximum absolute atomic E-state index is 10.4. The van der Waals surface area contributed by atoms with Crippen LogP contribution < -0.4 is 0 Å². The van der Waals surface area contributed by atoms with Crippen LogP contribution in [-0.2, 0) is 11.3 Å². The van der Waals surface area contributed by atoms with Gasteiger partial charge in [-0.15, -0.1) is 0 Å². The Kier molecular flexibility index (Phi) is 3.49. The van der Waals surface area contributed by atoms with Crippen molar-refractivity contribution in [3.8, 4) is 0 Å². The normalized spacial score (nSPS) is 12.8. The molecule has 6 heteroatoms. The number of carboxylic acids is 1. The van der Waals surface area contributed by atoms with Gasteiger partial charge in [0.25, 0.3) is 0 Å². The number of carboxylic acid groups (broad SMARTS) is 1. The predicted molar refractivity (Wildman–Crippen MR) is 50.1 cm³/mol. The number of rotatable bonds is 4. The summed E-state index contributed by atoms with van der Waals surface area (Å²) in [5.41, 5.74) is 0.358. The Bertz CT molecular complexity index is 337. The molecule has 5 nitrogen and oxygen atoms in total. The summed E-state index contributed by atoms with van der Waals surface area (Å²) in [4.78, 5) is 14.2. The minimum Gasteiger partial charge on any atom is -0.481 e. The Labute approximate surface area is 85.9 Å². The van der Waals surface area contributed by atoms with Crippen LogP contribution in [0.2, 0.25) is 5.15 Å². The van der Waals surface area contributed by atoms with Crippen LogP contribution in [0.3, 0.4) is 0 Å². The first-order valence-corrected chi connectivity index (χ1v) is 4.54. The SMILES string of the molecule is CCn1cnc(Cl)c1[C@@H](O)CC(=O)O. The van der Waals surface area contributed by atoms with Crippen molar-refractivity contribution < 1.29 is 15.0 Å². The predicted octanol–water partition coefficient (Wildman–Crippen LogP) is 1.06. The van der Waals surface area contributed by atoms with Gasteiger partial charge in [0.1, 0.15) is 6.10 Å². The van der Waals surface area contributed by atoms with Gasteiger partial charge in [0.15, 0.2) is 5.15 Å². The van der Waals surface area contributed by atoms with Crippen molar-refractivity contribution in [3.63, 3.8) is 0 Å². The van der Waals surface area contributed by atoms with E-state index in [0.29, 0.717) is 12.2 Å². The van der Waals surface area contributed by atoms with Gasteiger partial charge in [0, 0.05) is 6.54 Å². The van der Waals surface area contributed by atoms with E-state index in [2.05, 4.69) is 4.98 Å². The molecule has 1 atom stereocenters. The molecule has 78 valence electrons. The van der Waals surface area contributed by atoms with Crippen molar-refractivity contribution >= 4 is 17.6 Å². The molecule has 1 aromatic rings. The lowest BCUT2D eigenvalue weighted by atomic mass is 10.2. The average molecular weight is 219 g/mol. The van der Waals surface area contributed by atoms with Gasteiger partial charge < -0.3 is 14.8 Å². The van der Waals surface area contributed by atoms with Gasteiger partial charge in [-0.1, -0.05) is 11.6 Å². The number of aliphatic hydroxyl groups is 1. The quantitative estimate of drug-likeness (QED) is 0.793. The van der Waals surface area contributed by atoms with Crippen LogP contribution in [0.1, 0.15) is 25.1 Å². The molecule has 0 aliphatic carbocycles. The standard InChI is InChI=1S/C8H11ClN2O3/c1-2-11-4-10-8(9)7(11)5(12)3-6(13)14/h4-5,12H,2-3H2,1H3,(H,13,14)/t5-/m0/s1. The van der Waals surface area contributed by atoms with Crippen molar-refractivity contribution in [2.75, 3.05) is 0 Å². The minimum atomic E-state index is -1.11. The van der Waals surface area contributed by atoms with Crippen LogP contribution in [-0.4, -0.2) is 25.7 Å². The highest BCUT2D eigenvalue weighted by atomic mass is 35.5. The fraction of sp³-hybridized carbons (Fsp3) is 0.500. The third-order valence-corrected chi connectivity index (χ3v) is 2.15. The summed E-state index contributed by atoms with van der Waals surface area (Å²) in [5.74, 6) is -1.07. The van der Waals surface area contributed by atoms with Crippen molar-refractivity contribution in [1.29, 1.82) is 0 Å². The van der Waals surface area contributed by atoms with Gasteiger partial charge in [0.05, 0.1) is 18.4 Å². The third kappa shape index (κ3) is 2.24. The number of imidazole rings is 1. The van der Waals surface area contributed by atoms with Gasteiger partial charge >= 0.3 is 5.97 Å². The number of aryl methyl sites for hydroxylation is 1. The van der Waals surface area contributed by atoms with Gasteiger partial charge in [-0.3, -0.25) is 4.79 Å². The maximum atomic E-state index is 10.4. The maximum Gasteiger partial charge on any atom is 0.306 e. The molecule has 0 unspecified atom stereocenters. The summed E-state index contributed by atoms with van der Waals surface area (Å²) in [6, 6.07) is 0. The van der Waals surface area contributed by atoms with Crippen LogP contribution in [0.25, 0.3) is 0 Å². The number of nitrogens with zero attached hydrogens (tertiary/aromatic N) is 2. The number of aromatic nitrogens is 2. The lowest BCUT2D eigenvalue weighted by molar-refractivity contribution is -0.139. The fourth-order valence-corrected chi connectivity index (χ4v) is 1.49. The Hall–Kier alpha value is -1.07. The van der Waals surface area contributed by atoms with E-state index < -0.39 is 12.1 Å². The third-order valence-electron chi connectivity index (χ3n) is 1.86. The van der Waals surface area contributed by atoms with Gasteiger partial charge in [-0.05, 0) is 6.92 Å². The number of hydrogen-bond acceptors (Lipinski definition) is 3. The molecule has 0 fully saturated rings. The molecule has 0 aromatic carbocycles. The summed E-state index contributed by atoms with van der Waals surface area (Å²) in [6.45, 7) is 2.45. The largest absolute Gasteiger partial charge is 0.481 e. The van der Waals surface area contributed by atoms with E-state index in [1.54, 1.807) is 4.57 Å². The zero-order valence-corrected chi connectivity index (χ0v) is 8.40. The molecule has 1 heterocycles. The summed E-state index contributed by atoms with van der Waals surface area (Å²) < 4.78 is 1.62. The van der Waals surface area contributed by atoms with Gasteiger partial charge in [-0.2, -0.15) is 0 Å². The Morgan fingerprint density at radius 1 is 1.79 bits per heavy atom. The topological polar surface area (TPSA) is 75.3 Å². The highest BCUT2D eigenvalue weighted by Gasteiger charge is 2.19. The van der Waals surface area contributed by atoms with E-state index in [9.17, 15) is 9.90 Å². The monoisotopic (exact) mass is 218 g/mol. The zero-order chi connectivity index (χ0) is 10.7. The number of aliphatic hydroxyl groups excluding tert-OH is 1. The Balaban J connectivity index is 2.92. The molecule has 1 aromatic heterocycles. The molecule has 2 N–H and O–H groups in total. The smallest absolute Gasteiger partial charge is 0.306 e. The van der Waals surface area contributed by atoms with Crippen LogP contribution >= 0.6 is 11.6 Å². The summed E-state index contributed by atoms with van der Waals surface area (Å²) in [6.07, 6.45) is -0.00353. The number of carbonyl (C=O) groups is 1. The van der Waals surface area contributed by atoms with Crippen molar-refractivity contribution in [1.82, 2.24) is 9.55 Å². The second-order valence-corrected chi connectivity index (χ2v) is 3.18. The molecular weight excluding hydrogens is 208 g/mol. The van der Waals surface area contributed by atoms with Crippen molar-refractivity contribution in [2.45, 2.75) is 26.0 Å². The zero-order valence-electron chi connectivity index (χ0n) is 7.64. The molecule has 0 aliphatic rings. The van der Waals surface area contributed by atoms with E-state index in [4.69, 9.17) is 16.7 Å². The molecule has 0 spiro atoms. The second kappa shape index (κ2) is 4.43. The van der Waals surface area contributed by atoms with Crippen LogP contribution in [0.4, 0.5) is 0 Å². The lowest BCUT2D eigenvalue weighted by Gasteiger charge is -2.10. The minimum absolute atomic E-state index is 0.153. The van der Waals surface area contributed by atoms with Gasteiger partial charge in [0.2, 0.25) is 0 Å². The number of halogens is 1. The highest BCUT2D eigenvalue weighted by molar-refractivity contribution is 6.30. The van der Waals surface area contributed by atoms with Crippen molar-refractivity contribution in [3.05, 3.63) is 17.2 Å². The van der Waals surface area contributed by atoms with Crippen LogP contribution in [0.15, 0.2) is 6.33 Å². The number of aliphatic carboxylic acids is 1.